The lowest BCUT2D eigenvalue weighted by atomic mass is 10.1. The molecule has 1 aromatic heterocycles. The number of phenols is 1. The second-order valence-corrected chi connectivity index (χ2v) is 6.96. The molecule has 8 heteroatoms. The summed E-state index contributed by atoms with van der Waals surface area (Å²) in [6, 6.07) is 10.4. The highest BCUT2D eigenvalue weighted by molar-refractivity contribution is 5.96. The van der Waals surface area contributed by atoms with E-state index in [9.17, 15) is 14.3 Å². The molecule has 0 aliphatic carbocycles. The van der Waals surface area contributed by atoms with Gasteiger partial charge in [0, 0.05) is 30.7 Å². The van der Waals surface area contributed by atoms with Gasteiger partial charge in [-0.15, -0.1) is 0 Å². The van der Waals surface area contributed by atoms with Crippen molar-refractivity contribution in [2.24, 2.45) is 4.99 Å². The van der Waals surface area contributed by atoms with Crippen LogP contribution in [0.5, 0.6) is 11.5 Å². The predicted molar refractivity (Wildman–Crippen MR) is 107 cm³/mol. The molecule has 1 aliphatic heterocycles. The predicted octanol–water partition coefficient (Wildman–Crippen LogP) is 3.43. The number of carbonyl (C=O) groups is 1. The van der Waals surface area contributed by atoms with Crippen LogP contribution < -0.4 is 15.6 Å². The summed E-state index contributed by atoms with van der Waals surface area (Å²) in [5.41, 5.74) is 0.799. The van der Waals surface area contributed by atoms with Gasteiger partial charge in [-0.3, -0.25) is 4.79 Å². The smallest absolute Gasteiger partial charge is 0.256 e. The van der Waals surface area contributed by atoms with E-state index in [2.05, 4.69) is 10.3 Å². The fourth-order valence-corrected chi connectivity index (χ4v) is 3.30. The van der Waals surface area contributed by atoms with Crippen molar-refractivity contribution in [3.8, 4) is 11.5 Å². The molecule has 3 aromatic rings. The van der Waals surface area contributed by atoms with Crippen LogP contribution in [0.15, 0.2) is 51.9 Å². The number of hydrogen-bond acceptors (Lipinski definition) is 6. The van der Waals surface area contributed by atoms with E-state index in [1.165, 1.54) is 31.4 Å². The highest BCUT2D eigenvalue weighted by Crippen LogP contribution is 2.23. The Hall–Kier alpha value is -3.39. The summed E-state index contributed by atoms with van der Waals surface area (Å²) in [6.07, 6.45) is 1.85. The molecule has 1 atom stereocenters. The van der Waals surface area contributed by atoms with Crippen molar-refractivity contribution >= 4 is 22.6 Å². The van der Waals surface area contributed by atoms with Crippen molar-refractivity contribution in [2.45, 2.75) is 18.9 Å². The Bertz CT molecular complexity index is 1150. The summed E-state index contributed by atoms with van der Waals surface area (Å²) in [5.74, 6) is -0.856. The van der Waals surface area contributed by atoms with Crippen molar-refractivity contribution in [1.29, 1.82) is 0 Å². The Kier molecular flexibility index (Phi) is 5.67. The highest BCUT2D eigenvalue weighted by Gasteiger charge is 2.19. The van der Waals surface area contributed by atoms with E-state index in [1.54, 1.807) is 18.2 Å². The third-order valence-corrected chi connectivity index (χ3v) is 4.86. The maximum Gasteiger partial charge on any atom is 0.256 e. The number of rotatable bonds is 5. The van der Waals surface area contributed by atoms with E-state index in [4.69, 9.17) is 13.9 Å². The average molecular weight is 412 g/mol. The summed E-state index contributed by atoms with van der Waals surface area (Å²) in [6.45, 7) is 1.07. The number of ether oxygens (including phenoxy) is 2. The van der Waals surface area contributed by atoms with E-state index < -0.39 is 5.82 Å². The number of hydrogen-bond donors (Lipinski definition) is 2. The van der Waals surface area contributed by atoms with E-state index >= 15 is 0 Å². The number of nitrogens with zero attached hydrogens (tertiary/aromatic N) is 1. The SMILES string of the molecule is COc1ccc(N=c2oc3cc(O)ccc3cc2C(=O)NC[C@H]2CCCO2)cc1F. The molecule has 30 heavy (non-hydrogen) atoms. The molecule has 4 rings (SSSR count). The van der Waals surface area contributed by atoms with Crippen LogP contribution in [0.3, 0.4) is 0 Å². The van der Waals surface area contributed by atoms with Gasteiger partial charge in [-0.05, 0) is 43.2 Å². The van der Waals surface area contributed by atoms with Crippen LogP contribution in [-0.4, -0.2) is 37.4 Å². The maximum absolute atomic E-state index is 14.1. The lowest BCUT2D eigenvalue weighted by Gasteiger charge is -2.11. The topological polar surface area (TPSA) is 93.3 Å². The molecule has 1 saturated heterocycles. The number of nitrogens with one attached hydrogen (secondary N) is 1. The van der Waals surface area contributed by atoms with Gasteiger partial charge in [-0.2, -0.15) is 0 Å². The third kappa shape index (κ3) is 4.28. The Labute approximate surface area is 171 Å². The Morgan fingerprint density at radius 1 is 1.30 bits per heavy atom. The highest BCUT2D eigenvalue weighted by atomic mass is 19.1. The summed E-state index contributed by atoms with van der Waals surface area (Å²) in [7, 11) is 1.37. The zero-order valence-electron chi connectivity index (χ0n) is 16.4. The van der Waals surface area contributed by atoms with Gasteiger partial charge < -0.3 is 24.3 Å². The molecule has 0 saturated carbocycles. The molecule has 7 nitrogen and oxygen atoms in total. The molecule has 0 spiro atoms. The maximum atomic E-state index is 14.1. The standard InChI is InChI=1S/C22H21FN2O5/c1-28-19-7-5-14(10-18(19)23)25-22-17(21(27)24-12-16-3-2-8-29-16)9-13-4-6-15(26)11-20(13)30-22/h4-7,9-11,16,26H,2-3,8,12H2,1H3,(H,24,27)/t16-/m1/s1. The van der Waals surface area contributed by atoms with E-state index in [1.807, 2.05) is 0 Å². The second-order valence-electron chi connectivity index (χ2n) is 6.96. The van der Waals surface area contributed by atoms with E-state index in [-0.39, 0.29) is 40.3 Å². The van der Waals surface area contributed by atoms with Gasteiger partial charge in [-0.1, -0.05) is 0 Å². The Morgan fingerprint density at radius 2 is 2.17 bits per heavy atom. The van der Waals surface area contributed by atoms with Crippen molar-refractivity contribution in [1.82, 2.24) is 5.32 Å². The summed E-state index contributed by atoms with van der Waals surface area (Å²) in [4.78, 5) is 17.2. The lowest BCUT2D eigenvalue weighted by Crippen LogP contribution is -2.34. The van der Waals surface area contributed by atoms with Crippen LogP contribution in [-0.2, 0) is 4.74 Å². The molecule has 1 aliphatic rings. The van der Waals surface area contributed by atoms with Crippen molar-refractivity contribution in [3.05, 3.63) is 59.4 Å². The number of carbonyl (C=O) groups excluding carboxylic acids is 1. The fourth-order valence-electron chi connectivity index (χ4n) is 3.30. The van der Waals surface area contributed by atoms with Crippen LogP contribution in [0.25, 0.3) is 11.0 Å². The number of phenolic OH excluding ortho intramolecular Hbond substituents is 1. The minimum atomic E-state index is -0.582. The van der Waals surface area contributed by atoms with Crippen LogP contribution in [0, 0.1) is 5.82 Å². The minimum Gasteiger partial charge on any atom is -0.508 e. The van der Waals surface area contributed by atoms with Gasteiger partial charge >= 0.3 is 0 Å². The summed E-state index contributed by atoms with van der Waals surface area (Å²) in [5, 5.41) is 13.2. The molecule has 1 fully saturated rings. The van der Waals surface area contributed by atoms with Crippen molar-refractivity contribution in [2.75, 3.05) is 20.3 Å². The van der Waals surface area contributed by atoms with Crippen LogP contribution in [0.1, 0.15) is 23.2 Å². The minimum absolute atomic E-state index is 0.00232. The second kappa shape index (κ2) is 8.54. The Balaban J connectivity index is 1.76. The molecule has 0 bridgehead atoms. The fraction of sp³-hybridized carbons (Fsp3) is 0.273. The zero-order valence-corrected chi connectivity index (χ0v) is 16.4. The van der Waals surface area contributed by atoms with Crippen LogP contribution in [0.4, 0.5) is 10.1 Å². The van der Waals surface area contributed by atoms with E-state index in [0.717, 1.165) is 12.8 Å². The van der Waals surface area contributed by atoms with Crippen LogP contribution in [0.2, 0.25) is 0 Å². The largest absolute Gasteiger partial charge is 0.508 e. The first-order chi connectivity index (χ1) is 14.5. The number of fused-ring (bicyclic) bond motifs is 1. The number of methoxy groups -OCH3 is 1. The zero-order chi connectivity index (χ0) is 21.1. The van der Waals surface area contributed by atoms with Gasteiger partial charge in [0.05, 0.1) is 18.9 Å². The van der Waals surface area contributed by atoms with Gasteiger partial charge in [0.15, 0.2) is 11.6 Å². The molecule has 2 N–H and O–H groups in total. The van der Waals surface area contributed by atoms with Crippen molar-refractivity contribution in [3.63, 3.8) is 0 Å². The molecule has 0 unspecified atom stereocenters. The van der Waals surface area contributed by atoms with Gasteiger partial charge in [0.25, 0.3) is 5.91 Å². The van der Waals surface area contributed by atoms with Gasteiger partial charge in [-0.25, -0.2) is 9.38 Å². The monoisotopic (exact) mass is 412 g/mol. The first kappa shape index (κ1) is 19.9. The first-order valence-electron chi connectivity index (χ1n) is 9.58. The van der Waals surface area contributed by atoms with E-state index in [0.29, 0.717) is 24.1 Å². The average Bonchev–Trinajstić information content (AvgIpc) is 3.25. The molecule has 0 radical (unpaired) electrons. The molecule has 156 valence electrons. The molecule has 2 heterocycles. The normalized spacial score (nSPS) is 16.7. The Morgan fingerprint density at radius 3 is 2.90 bits per heavy atom. The first-order valence-corrected chi connectivity index (χ1v) is 9.58. The van der Waals surface area contributed by atoms with Gasteiger partial charge in [0.2, 0.25) is 5.55 Å². The van der Waals surface area contributed by atoms with Gasteiger partial charge in [0.1, 0.15) is 16.9 Å². The van der Waals surface area contributed by atoms with Crippen molar-refractivity contribution < 1.29 is 28.2 Å². The number of amides is 1. The molecule has 2 aromatic carbocycles. The van der Waals surface area contributed by atoms with Crippen LogP contribution >= 0.6 is 0 Å². The quantitative estimate of drug-likeness (QED) is 0.670. The lowest BCUT2D eigenvalue weighted by molar-refractivity contribution is 0.0854. The summed E-state index contributed by atoms with van der Waals surface area (Å²) < 4.78 is 30.3. The summed E-state index contributed by atoms with van der Waals surface area (Å²) >= 11 is 0. The third-order valence-electron chi connectivity index (χ3n) is 4.86. The molecular formula is C22H21FN2O5. The molecule has 1 amide bonds. The number of benzene rings is 2. The number of aromatic hydroxyl groups is 1. The molecular weight excluding hydrogens is 391 g/mol. The number of halogens is 1.